The maximum atomic E-state index is 12.1. The minimum atomic E-state index is -1.12. The number of carbonyl (C=O) groups excluding carboxylic acids is 2. The smallest absolute Gasteiger partial charge is 0.352 e. The monoisotopic (exact) mass is 305 g/mol. The molecule has 3 aliphatic heterocycles. The quantitative estimate of drug-likeness (QED) is 0.567. The highest BCUT2D eigenvalue weighted by Crippen LogP contribution is 2.46. The van der Waals surface area contributed by atoms with E-state index in [1.807, 2.05) is 11.8 Å². The van der Waals surface area contributed by atoms with Gasteiger partial charge in [-0.15, -0.1) is 0 Å². The van der Waals surface area contributed by atoms with Gasteiger partial charge in [0.05, 0.1) is 6.04 Å². The van der Waals surface area contributed by atoms with Crippen molar-refractivity contribution in [1.29, 1.82) is 5.41 Å². The number of carboxylic acids is 1. The fraction of sp³-hybridized carbons (Fsp3) is 0.600. The first-order chi connectivity index (χ1) is 10.3. The van der Waals surface area contributed by atoms with E-state index in [2.05, 4.69) is 0 Å². The second-order valence-corrected chi connectivity index (χ2v) is 6.32. The zero-order valence-electron chi connectivity index (χ0n) is 12.6. The van der Waals surface area contributed by atoms with Crippen LogP contribution in [0.4, 0.5) is 0 Å². The number of fused-ring (bicyclic) bond motifs is 1. The van der Waals surface area contributed by atoms with Crippen molar-refractivity contribution in [2.24, 2.45) is 11.8 Å². The van der Waals surface area contributed by atoms with Gasteiger partial charge in [0.15, 0.2) is 0 Å². The average molecular weight is 305 g/mol. The third-order valence-corrected chi connectivity index (χ3v) is 4.93. The Bertz CT molecular complexity index is 624. The number of hydrogen-bond acceptors (Lipinski definition) is 5. The molecule has 22 heavy (non-hydrogen) atoms. The van der Waals surface area contributed by atoms with Gasteiger partial charge in [0.2, 0.25) is 5.91 Å². The summed E-state index contributed by atoms with van der Waals surface area (Å²) in [6.07, 6.45) is 0.701. The summed E-state index contributed by atoms with van der Waals surface area (Å²) in [7, 11) is 0. The summed E-state index contributed by atoms with van der Waals surface area (Å²) in [4.78, 5) is 38.7. The largest absolute Gasteiger partial charge is 0.477 e. The first kappa shape index (κ1) is 14.9. The van der Waals surface area contributed by atoms with Crippen LogP contribution in [0.15, 0.2) is 11.3 Å². The second-order valence-electron chi connectivity index (χ2n) is 6.32. The highest BCUT2D eigenvalue weighted by Gasteiger charge is 2.60. The Labute approximate surface area is 128 Å². The predicted octanol–water partition coefficient (Wildman–Crippen LogP) is 0.116. The number of hydrogen-bond donors (Lipinski definition) is 2. The molecule has 7 nitrogen and oxygen atoms in total. The van der Waals surface area contributed by atoms with Crippen LogP contribution >= 0.6 is 0 Å². The normalized spacial score (nSPS) is 31.5. The van der Waals surface area contributed by atoms with Crippen molar-refractivity contribution in [3.8, 4) is 0 Å². The van der Waals surface area contributed by atoms with Gasteiger partial charge in [-0.25, -0.2) is 4.79 Å². The van der Waals surface area contributed by atoms with Gasteiger partial charge in [0.1, 0.15) is 17.4 Å². The molecule has 118 valence electrons. The highest BCUT2D eigenvalue weighted by atomic mass is 16.4. The van der Waals surface area contributed by atoms with Crippen molar-refractivity contribution in [3.05, 3.63) is 11.3 Å². The number of ketones is 1. The third kappa shape index (κ3) is 1.99. The van der Waals surface area contributed by atoms with Crippen LogP contribution in [0.25, 0.3) is 0 Å². The Morgan fingerprint density at radius 1 is 1.41 bits per heavy atom. The summed E-state index contributed by atoms with van der Waals surface area (Å²) in [5.41, 5.74) is 1.38. The van der Waals surface area contributed by atoms with Gasteiger partial charge in [0, 0.05) is 31.3 Å². The molecule has 0 aromatic rings. The van der Waals surface area contributed by atoms with E-state index in [1.165, 1.54) is 11.8 Å². The van der Waals surface area contributed by atoms with E-state index >= 15 is 0 Å². The number of likely N-dealkylation sites (tertiary alicyclic amines) is 1. The molecule has 0 spiro atoms. The van der Waals surface area contributed by atoms with Crippen LogP contribution in [0.1, 0.15) is 20.3 Å². The van der Waals surface area contributed by atoms with Crippen LogP contribution in [0.5, 0.6) is 0 Å². The Balaban J connectivity index is 1.90. The van der Waals surface area contributed by atoms with Crippen LogP contribution in [0, 0.1) is 17.2 Å². The summed E-state index contributed by atoms with van der Waals surface area (Å²) in [6, 6.07) is -0.354. The van der Waals surface area contributed by atoms with Gasteiger partial charge in [-0.1, -0.05) is 6.92 Å². The zero-order chi connectivity index (χ0) is 16.2. The number of nitrogens with one attached hydrogen (secondary N) is 1. The predicted molar refractivity (Wildman–Crippen MR) is 77.4 cm³/mol. The SMILES string of the molecule is CC(=O)C1C(=O)N2C(C(=O)O)=C(CN3CCC(=N)C3)[C@H](C)C12. The molecule has 2 N–H and O–H groups in total. The highest BCUT2D eigenvalue weighted by molar-refractivity contribution is 6.10. The minimum Gasteiger partial charge on any atom is -0.477 e. The zero-order valence-corrected chi connectivity index (χ0v) is 12.6. The van der Waals surface area contributed by atoms with Crippen molar-refractivity contribution in [1.82, 2.24) is 9.80 Å². The molecule has 0 saturated carbocycles. The molecule has 3 atom stereocenters. The standard InChI is InChI=1S/C15H19N3O4/c1-7-10(6-17-4-3-9(16)5-17)13(15(21)22)18-12(7)11(8(2)19)14(18)20/h7,11-12,16H,3-6H2,1-2H3,(H,21,22)/t7-,11?,12?/m0/s1. The summed E-state index contributed by atoms with van der Waals surface area (Å²) in [5.74, 6) is -2.57. The summed E-state index contributed by atoms with van der Waals surface area (Å²) < 4.78 is 0. The molecule has 1 amide bonds. The van der Waals surface area contributed by atoms with Crippen molar-refractivity contribution in [2.75, 3.05) is 19.6 Å². The van der Waals surface area contributed by atoms with Crippen LogP contribution in [0.3, 0.4) is 0 Å². The summed E-state index contributed by atoms with van der Waals surface area (Å²) in [5, 5.41) is 17.2. The lowest BCUT2D eigenvalue weighted by Crippen LogP contribution is -2.62. The summed E-state index contributed by atoms with van der Waals surface area (Å²) >= 11 is 0. The molecule has 0 radical (unpaired) electrons. The number of β-lactam (4-membered cyclic amide) rings is 1. The molecule has 7 heteroatoms. The topological polar surface area (TPSA) is 102 Å². The Morgan fingerprint density at radius 2 is 2.09 bits per heavy atom. The van der Waals surface area contributed by atoms with Crippen molar-refractivity contribution >= 4 is 23.4 Å². The molecule has 2 unspecified atom stereocenters. The number of Topliss-reactive ketones (excluding diaryl/α,β-unsaturated/α-hetero) is 1. The molecule has 3 rings (SSSR count). The van der Waals surface area contributed by atoms with E-state index in [0.717, 1.165) is 6.54 Å². The first-order valence-corrected chi connectivity index (χ1v) is 7.41. The molecule has 3 aliphatic rings. The number of aliphatic carboxylic acids is 1. The number of nitrogens with zero attached hydrogens (tertiary/aromatic N) is 2. The molecule has 0 aromatic heterocycles. The number of amides is 1. The number of carbonyl (C=O) groups is 3. The average Bonchev–Trinajstić information content (AvgIpc) is 2.92. The molecule has 0 bridgehead atoms. The fourth-order valence-electron chi connectivity index (χ4n) is 3.83. The third-order valence-electron chi connectivity index (χ3n) is 4.93. The Hall–Kier alpha value is -2.02. The van der Waals surface area contributed by atoms with Crippen LogP contribution < -0.4 is 0 Å². The van der Waals surface area contributed by atoms with Gasteiger partial charge in [-0.05, 0) is 18.9 Å². The van der Waals surface area contributed by atoms with E-state index in [-0.39, 0.29) is 23.4 Å². The van der Waals surface area contributed by atoms with Crippen LogP contribution in [0.2, 0.25) is 0 Å². The summed E-state index contributed by atoms with van der Waals surface area (Å²) in [6.45, 7) is 4.98. The molecule has 2 fully saturated rings. The van der Waals surface area contributed by atoms with Crippen molar-refractivity contribution < 1.29 is 19.5 Å². The number of rotatable bonds is 4. The van der Waals surface area contributed by atoms with E-state index in [9.17, 15) is 19.5 Å². The lowest BCUT2D eigenvalue weighted by atomic mass is 9.78. The van der Waals surface area contributed by atoms with Crippen molar-refractivity contribution in [3.63, 3.8) is 0 Å². The fourth-order valence-corrected chi connectivity index (χ4v) is 3.83. The minimum absolute atomic E-state index is 0.0402. The first-order valence-electron chi connectivity index (χ1n) is 7.41. The molecular formula is C15H19N3O4. The lowest BCUT2D eigenvalue weighted by molar-refractivity contribution is -0.160. The lowest BCUT2D eigenvalue weighted by Gasteiger charge is -2.43. The molecule has 0 aliphatic carbocycles. The maximum absolute atomic E-state index is 12.1. The second kappa shape index (κ2) is 5.01. The van der Waals surface area contributed by atoms with E-state index < -0.39 is 17.8 Å². The number of carboxylic acid groups (broad SMARTS) is 1. The van der Waals surface area contributed by atoms with Gasteiger partial charge in [-0.3, -0.25) is 14.5 Å². The van der Waals surface area contributed by atoms with Gasteiger partial charge in [-0.2, -0.15) is 0 Å². The molecule has 0 aromatic carbocycles. The van der Waals surface area contributed by atoms with Crippen molar-refractivity contribution in [2.45, 2.75) is 26.3 Å². The van der Waals surface area contributed by atoms with E-state index in [4.69, 9.17) is 5.41 Å². The molecular weight excluding hydrogens is 286 g/mol. The Kier molecular flexibility index (Phi) is 3.40. The van der Waals surface area contributed by atoms with E-state index in [1.54, 1.807) is 0 Å². The van der Waals surface area contributed by atoms with E-state index in [0.29, 0.717) is 30.8 Å². The van der Waals surface area contributed by atoms with Gasteiger partial charge in [0.25, 0.3) is 0 Å². The van der Waals surface area contributed by atoms with Gasteiger partial charge < -0.3 is 15.4 Å². The molecule has 3 heterocycles. The molecule has 2 saturated heterocycles. The van der Waals surface area contributed by atoms with Crippen LogP contribution in [-0.2, 0) is 14.4 Å². The van der Waals surface area contributed by atoms with Crippen LogP contribution in [-0.4, -0.2) is 64.0 Å². The van der Waals surface area contributed by atoms with Gasteiger partial charge >= 0.3 is 5.97 Å². The Morgan fingerprint density at radius 3 is 2.59 bits per heavy atom. The maximum Gasteiger partial charge on any atom is 0.352 e.